The molecule has 5 heteroatoms. The summed E-state index contributed by atoms with van der Waals surface area (Å²) in [5.41, 5.74) is 7.37. The Balaban J connectivity index is 2.48. The summed E-state index contributed by atoms with van der Waals surface area (Å²) in [5.74, 6) is 0.915. The molecule has 0 aliphatic rings. The van der Waals surface area contributed by atoms with Crippen molar-refractivity contribution in [2.75, 3.05) is 18.9 Å². The summed E-state index contributed by atoms with van der Waals surface area (Å²) in [7, 11) is 0. The van der Waals surface area contributed by atoms with Crippen LogP contribution in [0, 0.1) is 0 Å². The lowest BCUT2D eigenvalue weighted by Crippen LogP contribution is -2.24. The zero-order valence-corrected chi connectivity index (χ0v) is 17.8. The van der Waals surface area contributed by atoms with Crippen molar-refractivity contribution in [1.29, 1.82) is 0 Å². The highest BCUT2D eigenvalue weighted by atomic mass is 16.5. The standard InChI is InChI=1S/C23H36N2O3/c1-4-7-10-11-16-27-21-19-13-12-18(24)17-20(19)25(14-8-5-2)23(26)22(21)28-15-9-6-3/h12-13,17H,4-11,14-16,24H2,1-3H3. The maximum absolute atomic E-state index is 13.3. The van der Waals surface area contributed by atoms with Gasteiger partial charge in [-0.1, -0.05) is 52.9 Å². The monoisotopic (exact) mass is 388 g/mol. The molecule has 156 valence electrons. The number of hydrogen-bond acceptors (Lipinski definition) is 4. The molecular weight excluding hydrogens is 352 g/mol. The number of fused-ring (bicyclic) bond motifs is 1. The maximum Gasteiger partial charge on any atom is 0.297 e. The van der Waals surface area contributed by atoms with Crippen LogP contribution in [0.25, 0.3) is 10.9 Å². The second-order valence-electron chi connectivity index (χ2n) is 7.36. The predicted octanol–water partition coefficient (Wildman–Crippen LogP) is 5.52. The minimum atomic E-state index is -0.119. The fraction of sp³-hybridized carbons (Fsp3) is 0.609. The fourth-order valence-electron chi connectivity index (χ4n) is 3.25. The first-order valence-electron chi connectivity index (χ1n) is 10.9. The van der Waals surface area contributed by atoms with Crippen LogP contribution < -0.4 is 20.8 Å². The van der Waals surface area contributed by atoms with Crippen LogP contribution in [0.1, 0.15) is 72.1 Å². The van der Waals surface area contributed by atoms with Crippen molar-refractivity contribution < 1.29 is 9.47 Å². The third-order valence-corrected chi connectivity index (χ3v) is 4.93. The summed E-state index contributed by atoms with van der Waals surface area (Å²) in [6.45, 7) is 8.17. The lowest BCUT2D eigenvalue weighted by atomic mass is 10.1. The second-order valence-corrected chi connectivity index (χ2v) is 7.36. The summed E-state index contributed by atoms with van der Waals surface area (Å²) >= 11 is 0. The number of aromatic nitrogens is 1. The number of nitrogens with zero attached hydrogens (tertiary/aromatic N) is 1. The number of nitrogens with two attached hydrogens (primary N) is 1. The fourth-order valence-corrected chi connectivity index (χ4v) is 3.25. The third-order valence-electron chi connectivity index (χ3n) is 4.93. The van der Waals surface area contributed by atoms with Crippen molar-refractivity contribution in [3.05, 3.63) is 28.6 Å². The van der Waals surface area contributed by atoms with E-state index < -0.39 is 0 Å². The van der Waals surface area contributed by atoms with Gasteiger partial charge in [0.2, 0.25) is 5.75 Å². The molecule has 1 aromatic heterocycles. The molecule has 0 aliphatic heterocycles. The molecule has 0 spiro atoms. The van der Waals surface area contributed by atoms with E-state index >= 15 is 0 Å². The molecule has 0 atom stereocenters. The largest absolute Gasteiger partial charge is 0.489 e. The Hall–Kier alpha value is -2.17. The second kappa shape index (κ2) is 11.6. The third kappa shape index (κ3) is 5.66. The average Bonchev–Trinajstić information content (AvgIpc) is 2.69. The topological polar surface area (TPSA) is 66.5 Å². The number of hydrogen-bond donors (Lipinski definition) is 1. The predicted molar refractivity (Wildman–Crippen MR) is 118 cm³/mol. The van der Waals surface area contributed by atoms with Crippen molar-refractivity contribution in [1.82, 2.24) is 4.57 Å². The molecule has 0 fully saturated rings. The SMILES string of the molecule is CCCCCCOc1c(OCCCC)c(=O)n(CCCC)c2cc(N)ccc12. The highest BCUT2D eigenvalue weighted by molar-refractivity contribution is 5.90. The van der Waals surface area contributed by atoms with Gasteiger partial charge >= 0.3 is 0 Å². The molecule has 0 saturated heterocycles. The molecule has 0 unspecified atom stereocenters. The van der Waals surface area contributed by atoms with Crippen molar-refractivity contribution >= 4 is 16.6 Å². The van der Waals surface area contributed by atoms with Crippen LogP contribution in [0.5, 0.6) is 11.5 Å². The van der Waals surface area contributed by atoms with Gasteiger partial charge in [0.15, 0.2) is 5.75 Å². The van der Waals surface area contributed by atoms with E-state index in [0.717, 1.165) is 49.4 Å². The van der Waals surface area contributed by atoms with Crippen LogP contribution in [0.2, 0.25) is 0 Å². The van der Waals surface area contributed by atoms with E-state index in [1.807, 2.05) is 18.2 Å². The van der Waals surface area contributed by atoms with Crippen molar-refractivity contribution in [3.8, 4) is 11.5 Å². The Morgan fingerprint density at radius 2 is 1.54 bits per heavy atom. The number of nitrogen functional groups attached to an aromatic ring is 1. The van der Waals surface area contributed by atoms with Crippen molar-refractivity contribution in [3.63, 3.8) is 0 Å². The molecule has 0 aliphatic carbocycles. The van der Waals surface area contributed by atoms with Gasteiger partial charge in [0.25, 0.3) is 5.56 Å². The number of anilines is 1. The summed E-state index contributed by atoms with van der Waals surface area (Å²) in [6.07, 6.45) is 8.33. The summed E-state index contributed by atoms with van der Waals surface area (Å²) in [6, 6.07) is 5.67. The lowest BCUT2D eigenvalue weighted by Gasteiger charge is -2.19. The summed E-state index contributed by atoms with van der Waals surface area (Å²) in [5, 5.41) is 0.895. The van der Waals surface area contributed by atoms with Gasteiger partial charge in [0, 0.05) is 17.6 Å². The first kappa shape index (κ1) is 22.1. The summed E-state index contributed by atoms with van der Waals surface area (Å²) in [4.78, 5) is 13.3. The number of pyridine rings is 1. The Bertz CT molecular complexity index is 799. The molecule has 2 aromatic rings. The smallest absolute Gasteiger partial charge is 0.297 e. The molecule has 0 bridgehead atoms. The lowest BCUT2D eigenvalue weighted by molar-refractivity contribution is 0.258. The highest BCUT2D eigenvalue weighted by Gasteiger charge is 2.20. The van der Waals surface area contributed by atoms with Crippen molar-refractivity contribution in [2.24, 2.45) is 0 Å². The molecule has 1 aromatic carbocycles. The van der Waals surface area contributed by atoms with Crippen LogP contribution in [-0.4, -0.2) is 17.8 Å². The minimum absolute atomic E-state index is 0.119. The van der Waals surface area contributed by atoms with Gasteiger partial charge in [-0.05, 0) is 37.5 Å². The molecule has 28 heavy (non-hydrogen) atoms. The van der Waals surface area contributed by atoms with E-state index in [9.17, 15) is 4.79 Å². The van der Waals surface area contributed by atoms with Crippen LogP contribution in [0.3, 0.4) is 0 Å². The molecular formula is C23H36N2O3. The Kier molecular flexibility index (Phi) is 9.18. The van der Waals surface area contributed by atoms with E-state index in [4.69, 9.17) is 15.2 Å². The first-order valence-corrected chi connectivity index (χ1v) is 10.9. The van der Waals surface area contributed by atoms with Crippen LogP contribution in [-0.2, 0) is 6.54 Å². The van der Waals surface area contributed by atoms with Gasteiger partial charge in [-0.15, -0.1) is 0 Å². The van der Waals surface area contributed by atoms with Gasteiger partial charge in [-0.25, -0.2) is 0 Å². The van der Waals surface area contributed by atoms with Gasteiger partial charge < -0.3 is 19.8 Å². The van der Waals surface area contributed by atoms with Gasteiger partial charge in [0.05, 0.1) is 18.7 Å². The Labute approximate surface area is 168 Å². The molecule has 2 rings (SSSR count). The molecule has 2 N–H and O–H groups in total. The van der Waals surface area contributed by atoms with E-state index in [2.05, 4.69) is 20.8 Å². The number of benzene rings is 1. The molecule has 0 radical (unpaired) electrons. The summed E-state index contributed by atoms with van der Waals surface area (Å²) < 4.78 is 13.9. The van der Waals surface area contributed by atoms with Crippen LogP contribution in [0.4, 0.5) is 5.69 Å². The average molecular weight is 389 g/mol. The van der Waals surface area contributed by atoms with Crippen LogP contribution >= 0.6 is 0 Å². The Morgan fingerprint density at radius 3 is 2.25 bits per heavy atom. The molecule has 0 saturated carbocycles. The first-order chi connectivity index (χ1) is 13.6. The molecule has 5 nitrogen and oxygen atoms in total. The zero-order valence-electron chi connectivity index (χ0n) is 17.8. The molecule has 1 heterocycles. The van der Waals surface area contributed by atoms with Gasteiger partial charge in [-0.3, -0.25) is 4.79 Å². The number of ether oxygens (including phenoxy) is 2. The normalized spacial score (nSPS) is 11.1. The van der Waals surface area contributed by atoms with E-state index in [-0.39, 0.29) is 5.56 Å². The zero-order chi connectivity index (χ0) is 20.4. The number of unbranched alkanes of at least 4 members (excludes halogenated alkanes) is 5. The van der Waals surface area contributed by atoms with Crippen molar-refractivity contribution in [2.45, 2.75) is 78.7 Å². The minimum Gasteiger partial charge on any atom is -0.489 e. The van der Waals surface area contributed by atoms with Gasteiger partial charge in [-0.2, -0.15) is 0 Å². The van der Waals surface area contributed by atoms with Gasteiger partial charge in [0.1, 0.15) is 0 Å². The highest BCUT2D eigenvalue weighted by Crippen LogP contribution is 2.34. The quantitative estimate of drug-likeness (QED) is 0.362. The molecule has 0 amide bonds. The van der Waals surface area contributed by atoms with E-state index in [1.54, 1.807) is 4.57 Å². The Morgan fingerprint density at radius 1 is 0.857 bits per heavy atom. The van der Waals surface area contributed by atoms with E-state index in [0.29, 0.717) is 36.9 Å². The number of rotatable bonds is 13. The van der Waals surface area contributed by atoms with E-state index in [1.165, 1.54) is 12.8 Å². The maximum atomic E-state index is 13.3. The number of aryl methyl sites for hydroxylation is 1. The van der Waals surface area contributed by atoms with Crippen LogP contribution in [0.15, 0.2) is 23.0 Å².